The molecule has 6 heteroatoms. The van der Waals surface area contributed by atoms with Crippen molar-refractivity contribution >= 4 is 24.2 Å². The van der Waals surface area contributed by atoms with Gasteiger partial charge in [-0.1, -0.05) is 23.7 Å². The van der Waals surface area contributed by atoms with E-state index in [4.69, 9.17) is 26.0 Å². The van der Waals surface area contributed by atoms with E-state index in [1.807, 2.05) is 24.3 Å². The van der Waals surface area contributed by atoms with Gasteiger partial charge < -0.3 is 9.31 Å². The van der Waals surface area contributed by atoms with Crippen molar-refractivity contribution in [3.8, 4) is 11.3 Å². The van der Waals surface area contributed by atoms with Crippen molar-refractivity contribution in [2.45, 2.75) is 58.3 Å². The van der Waals surface area contributed by atoms with Crippen molar-refractivity contribution in [1.29, 1.82) is 0 Å². The number of rotatable bonds is 2. The summed E-state index contributed by atoms with van der Waals surface area (Å²) in [6, 6.07) is 7.83. The Labute approximate surface area is 148 Å². The Morgan fingerprint density at radius 1 is 1.17 bits per heavy atom. The lowest BCUT2D eigenvalue weighted by atomic mass is 9.75. The zero-order chi connectivity index (χ0) is 17.1. The number of aryl methyl sites for hydroxylation is 1. The molecule has 2 aromatic rings. The molecule has 3 heterocycles. The SMILES string of the molecule is CC1(C)OB(c2c(-c3cccc(Cl)c3)nn3c2CCC3)OC1(C)C. The summed E-state index contributed by atoms with van der Waals surface area (Å²) in [4.78, 5) is 0. The Bertz CT molecular complexity index is 784. The molecule has 1 aromatic carbocycles. The van der Waals surface area contributed by atoms with Gasteiger partial charge >= 0.3 is 7.12 Å². The third-order valence-electron chi connectivity index (χ3n) is 5.47. The van der Waals surface area contributed by atoms with Crippen molar-refractivity contribution in [2.24, 2.45) is 0 Å². The molecular formula is C18H22BClN2O2. The Morgan fingerprint density at radius 2 is 1.88 bits per heavy atom. The van der Waals surface area contributed by atoms with Gasteiger partial charge in [-0.3, -0.25) is 4.68 Å². The highest BCUT2D eigenvalue weighted by molar-refractivity contribution is 6.64. The van der Waals surface area contributed by atoms with Gasteiger partial charge in [0.05, 0.1) is 16.9 Å². The van der Waals surface area contributed by atoms with Crippen molar-refractivity contribution < 1.29 is 9.31 Å². The molecule has 0 aliphatic carbocycles. The standard InChI is InChI=1S/C18H22BClN2O2/c1-17(2)18(3,4)24-19(23-17)15-14-9-6-10-22(14)21-16(15)12-7-5-8-13(20)11-12/h5,7-8,11H,6,9-10H2,1-4H3. The van der Waals surface area contributed by atoms with E-state index in [1.165, 1.54) is 5.69 Å². The summed E-state index contributed by atoms with van der Waals surface area (Å²) in [7, 11) is -0.397. The minimum Gasteiger partial charge on any atom is -0.399 e. The highest BCUT2D eigenvalue weighted by Crippen LogP contribution is 2.38. The molecule has 0 unspecified atom stereocenters. The van der Waals surface area contributed by atoms with E-state index in [0.717, 1.165) is 36.1 Å². The summed E-state index contributed by atoms with van der Waals surface area (Å²) in [5.74, 6) is 0. The minimum absolute atomic E-state index is 0.364. The Balaban J connectivity index is 1.84. The van der Waals surface area contributed by atoms with Gasteiger partial charge in [0.15, 0.2) is 0 Å². The van der Waals surface area contributed by atoms with Crippen molar-refractivity contribution in [3.63, 3.8) is 0 Å². The summed E-state index contributed by atoms with van der Waals surface area (Å²) >= 11 is 6.19. The van der Waals surface area contributed by atoms with Crippen LogP contribution in [0.3, 0.4) is 0 Å². The molecule has 0 N–H and O–H groups in total. The molecule has 0 spiro atoms. The van der Waals surface area contributed by atoms with Gasteiger partial charge in [-0.15, -0.1) is 0 Å². The fraction of sp³-hybridized carbons (Fsp3) is 0.500. The molecule has 0 bridgehead atoms. The fourth-order valence-electron chi connectivity index (χ4n) is 3.41. The molecule has 0 saturated carbocycles. The Kier molecular flexibility index (Phi) is 3.61. The largest absolute Gasteiger partial charge is 0.499 e. The number of benzene rings is 1. The van der Waals surface area contributed by atoms with Gasteiger partial charge in [-0.05, 0) is 52.7 Å². The zero-order valence-corrected chi connectivity index (χ0v) is 15.4. The number of hydrogen-bond donors (Lipinski definition) is 0. The molecule has 126 valence electrons. The van der Waals surface area contributed by atoms with Gasteiger partial charge in [0.1, 0.15) is 0 Å². The summed E-state index contributed by atoms with van der Waals surface area (Å²) in [5.41, 5.74) is 3.49. The molecule has 4 rings (SSSR count). The van der Waals surface area contributed by atoms with E-state index < -0.39 is 7.12 Å². The molecule has 1 aromatic heterocycles. The predicted molar refractivity (Wildman–Crippen MR) is 96.7 cm³/mol. The average Bonchev–Trinajstić information content (AvgIpc) is 3.10. The van der Waals surface area contributed by atoms with Crippen LogP contribution in [0.5, 0.6) is 0 Å². The van der Waals surface area contributed by atoms with Crippen LogP contribution in [0.1, 0.15) is 39.8 Å². The second-order valence-electron chi connectivity index (χ2n) is 7.63. The maximum absolute atomic E-state index is 6.32. The lowest BCUT2D eigenvalue weighted by Crippen LogP contribution is -2.41. The average molecular weight is 345 g/mol. The van der Waals surface area contributed by atoms with Gasteiger partial charge in [-0.2, -0.15) is 5.10 Å². The third kappa shape index (κ3) is 2.41. The first-order chi connectivity index (χ1) is 11.3. The van der Waals surface area contributed by atoms with Crippen LogP contribution in [0.15, 0.2) is 24.3 Å². The number of aromatic nitrogens is 2. The quantitative estimate of drug-likeness (QED) is 0.783. The van der Waals surface area contributed by atoms with Crippen LogP contribution in [0, 0.1) is 0 Å². The molecule has 2 aliphatic heterocycles. The van der Waals surface area contributed by atoms with Gasteiger partial charge in [-0.25, -0.2) is 0 Å². The van der Waals surface area contributed by atoms with E-state index >= 15 is 0 Å². The van der Waals surface area contributed by atoms with Crippen LogP contribution in [-0.2, 0) is 22.3 Å². The second kappa shape index (κ2) is 5.35. The van der Waals surface area contributed by atoms with Gasteiger partial charge in [0.25, 0.3) is 0 Å². The molecule has 0 atom stereocenters. The smallest absolute Gasteiger partial charge is 0.399 e. The number of fused-ring (bicyclic) bond motifs is 1. The monoisotopic (exact) mass is 344 g/mol. The summed E-state index contributed by atoms with van der Waals surface area (Å²) in [6.07, 6.45) is 2.12. The minimum atomic E-state index is -0.397. The van der Waals surface area contributed by atoms with Crippen LogP contribution < -0.4 is 5.46 Å². The lowest BCUT2D eigenvalue weighted by Gasteiger charge is -2.32. The highest BCUT2D eigenvalue weighted by atomic mass is 35.5. The van der Waals surface area contributed by atoms with E-state index in [0.29, 0.717) is 5.02 Å². The number of halogens is 1. The van der Waals surface area contributed by atoms with Crippen molar-refractivity contribution in [1.82, 2.24) is 9.78 Å². The highest BCUT2D eigenvalue weighted by Gasteiger charge is 2.53. The Morgan fingerprint density at radius 3 is 2.54 bits per heavy atom. The number of nitrogens with zero attached hydrogens (tertiary/aromatic N) is 2. The maximum atomic E-state index is 6.32. The predicted octanol–water partition coefficient (Wildman–Crippen LogP) is 3.45. The first kappa shape index (κ1) is 16.2. The molecule has 0 amide bonds. The lowest BCUT2D eigenvalue weighted by molar-refractivity contribution is 0.00578. The second-order valence-corrected chi connectivity index (χ2v) is 8.07. The molecule has 24 heavy (non-hydrogen) atoms. The van der Waals surface area contributed by atoms with Gasteiger partial charge in [0, 0.05) is 28.3 Å². The topological polar surface area (TPSA) is 36.3 Å². The normalized spacial score (nSPS) is 21.3. The van der Waals surface area contributed by atoms with E-state index in [2.05, 4.69) is 32.4 Å². The van der Waals surface area contributed by atoms with Crippen molar-refractivity contribution in [2.75, 3.05) is 0 Å². The fourth-order valence-corrected chi connectivity index (χ4v) is 3.60. The summed E-state index contributed by atoms with van der Waals surface area (Å²) in [5, 5.41) is 5.55. The summed E-state index contributed by atoms with van der Waals surface area (Å²) in [6.45, 7) is 9.26. The molecule has 4 nitrogen and oxygen atoms in total. The molecule has 2 aliphatic rings. The molecule has 1 fully saturated rings. The van der Waals surface area contributed by atoms with Crippen LogP contribution in [0.2, 0.25) is 5.02 Å². The number of hydrogen-bond acceptors (Lipinski definition) is 3. The van der Waals surface area contributed by atoms with E-state index in [-0.39, 0.29) is 11.2 Å². The van der Waals surface area contributed by atoms with Crippen LogP contribution in [0.25, 0.3) is 11.3 Å². The first-order valence-electron chi connectivity index (χ1n) is 8.50. The summed E-state index contributed by atoms with van der Waals surface area (Å²) < 4.78 is 14.7. The first-order valence-corrected chi connectivity index (χ1v) is 8.87. The van der Waals surface area contributed by atoms with Gasteiger partial charge in [0.2, 0.25) is 0 Å². The van der Waals surface area contributed by atoms with E-state index in [9.17, 15) is 0 Å². The van der Waals surface area contributed by atoms with Crippen LogP contribution >= 0.6 is 11.6 Å². The van der Waals surface area contributed by atoms with Crippen LogP contribution in [0.4, 0.5) is 0 Å². The Hall–Kier alpha value is -1.30. The molecule has 0 radical (unpaired) electrons. The maximum Gasteiger partial charge on any atom is 0.499 e. The molecule has 1 saturated heterocycles. The third-order valence-corrected chi connectivity index (χ3v) is 5.70. The van der Waals surface area contributed by atoms with Crippen molar-refractivity contribution in [3.05, 3.63) is 35.0 Å². The molecular weight excluding hydrogens is 322 g/mol. The van der Waals surface area contributed by atoms with E-state index in [1.54, 1.807) is 0 Å². The zero-order valence-electron chi connectivity index (χ0n) is 14.6. The van der Waals surface area contributed by atoms with Crippen LogP contribution in [-0.4, -0.2) is 28.1 Å².